The van der Waals surface area contributed by atoms with Crippen LogP contribution in [0.2, 0.25) is 0 Å². The molecule has 0 aromatic carbocycles. The lowest BCUT2D eigenvalue weighted by Crippen LogP contribution is -1.95. The van der Waals surface area contributed by atoms with Crippen LogP contribution in [0.5, 0.6) is 0 Å². The van der Waals surface area contributed by atoms with Gasteiger partial charge in [0.05, 0.1) is 7.11 Å². The average molecular weight is 274 g/mol. The number of rotatable bonds is 5. The van der Waals surface area contributed by atoms with Crippen LogP contribution in [0.25, 0.3) is 0 Å². The van der Waals surface area contributed by atoms with E-state index < -0.39 is 5.97 Å². The first-order chi connectivity index (χ1) is 9.36. The summed E-state index contributed by atoms with van der Waals surface area (Å²) < 4.78 is 9.94. The Morgan fingerprint density at radius 3 is 2.50 bits per heavy atom. The number of cyclic esters (lactones) is 1. The van der Waals surface area contributed by atoms with Crippen LogP contribution < -0.4 is 0 Å². The second-order valence-electron chi connectivity index (χ2n) is 4.41. The summed E-state index contributed by atoms with van der Waals surface area (Å²) in [6.07, 6.45) is 6.87. The van der Waals surface area contributed by atoms with Crippen LogP contribution in [0.1, 0.15) is 20.8 Å². The standard InChI is InChI=1S/C16H18O4/c1-10(9-11(2)12(3)17)7-6-8-14-15(19-5)13(4)20-16(14)18/h6-9H,4H2,1-3,5H3/b8-6+,10-7+,11-9+. The van der Waals surface area contributed by atoms with Gasteiger partial charge >= 0.3 is 5.97 Å². The van der Waals surface area contributed by atoms with Crippen LogP contribution in [0.4, 0.5) is 0 Å². The smallest absolute Gasteiger partial charge is 0.347 e. The predicted molar refractivity (Wildman–Crippen MR) is 76.6 cm³/mol. The molecular weight excluding hydrogens is 256 g/mol. The number of carbonyl (C=O) groups excluding carboxylic acids is 2. The van der Waals surface area contributed by atoms with Crippen molar-refractivity contribution >= 4 is 11.8 Å². The first-order valence-electron chi connectivity index (χ1n) is 6.10. The molecule has 0 amide bonds. The van der Waals surface area contributed by atoms with Crippen molar-refractivity contribution in [1.82, 2.24) is 0 Å². The summed E-state index contributed by atoms with van der Waals surface area (Å²) in [4.78, 5) is 22.7. The molecule has 0 saturated heterocycles. The van der Waals surface area contributed by atoms with Crippen LogP contribution in [0, 0.1) is 0 Å². The van der Waals surface area contributed by atoms with Gasteiger partial charge in [0.25, 0.3) is 0 Å². The highest BCUT2D eigenvalue weighted by atomic mass is 16.6. The van der Waals surface area contributed by atoms with Crippen molar-refractivity contribution in [3.8, 4) is 0 Å². The Balaban J connectivity index is 2.91. The minimum Gasteiger partial charge on any atom is -0.492 e. The maximum Gasteiger partial charge on any atom is 0.347 e. The zero-order chi connectivity index (χ0) is 15.3. The monoisotopic (exact) mass is 274 g/mol. The summed E-state index contributed by atoms with van der Waals surface area (Å²) in [5.74, 6) is 0.101. The molecule has 20 heavy (non-hydrogen) atoms. The molecule has 0 bridgehead atoms. The molecule has 0 saturated carbocycles. The predicted octanol–water partition coefficient (Wildman–Crippen LogP) is 3.00. The van der Waals surface area contributed by atoms with E-state index in [-0.39, 0.29) is 11.5 Å². The van der Waals surface area contributed by atoms with Gasteiger partial charge in [0.2, 0.25) is 0 Å². The third kappa shape index (κ3) is 3.82. The fraction of sp³-hybridized carbons (Fsp3) is 0.250. The molecule has 1 aliphatic heterocycles. The average Bonchev–Trinajstić information content (AvgIpc) is 2.63. The largest absolute Gasteiger partial charge is 0.492 e. The minimum absolute atomic E-state index is 0.0294. The zero-order valence-electron chi connectivity index (χ0n) is 12.1. The lowest BCUT2D eigenvalue weighted by molar-refractivity contribution is -0.132. The molecule has 0 N–H and O–H groups in total. The highest BCUT2D eigenvalue weighted by Gasteiger charge is 2.27. The Hall–Kier alpha value is -2.36. The van der Waals surface area contributed by atoms with E-state index in [1.165, 1.54) is 14.0 Å². The Bertz CT molecular complexity index is 571. The van der Waals surface area contributed by atoms with Crippen LogP contribution in [0.15, 0.2) is 59.1 Å². The van der Waals surface area contributed by atoms with E-state index in [2.05, 4.69) is 6.58 Å². The molecule has 1 rings (SSSR count). The molecular formula is C16H18O4. The molecule has 0 aromatic rings. The maximum atomic E-state index is 11.5. The summed E-state index contributed by atoms with van der Waals surface area (Å²) in [6.45, 7) is 8.73. The van der Waals surface area contributed by atoms with Crippen molar-refractivity contribution in [2.24, 2.45) is 0 Å². The van der Waals surface area contributed by atoms with Gasteiger partial charge in [0, 0.05) is 0 Å². The van der Waals surface area contributed by atoms with Gasteiger partial charge in [-0.2, -0.15) is 0 Å². The van der Waals surface area contributed by atoms with Crippen molar-refractivity contribution in [3.05, 3.63) is 59.1 Å². The van der Waals surface area contributed by atoms with E-state index in [1.807, 2.05) is 6.92 Å². The van der Waals surface area contributed by atoms with E-state index >= 15 is 0 Å². The van der Waals surface area contributed by atoms with Crippen LogP contribution in [-0.2, 0) is 19.1 Å². The highest BCUT2D eigenvalue weighted by molar-refractivity contribution is 5.96. The number of Topliss-reactive ketones (excluding diaryl/α,β-unsaturated/α-hetero) is 1. The summed E-state index contributed by atoms with van der Waals surface area (Å²) in [6, 6.07) is 0. The molecule has 1 aliphatic rings. The molecule has 4 nitrogen and oxygen atoms in total. The lowest BCUT2D eigenvalue weighted by atomic mass is 10.1. The fourth-order valence-electron chi connectivity index (χ4n) is 1.61. The molecule has 0 spiro atoms. The molecule has 4 heteroatoms. The van der Waals surface area contributed by atoms with Gasteiger partial charge in [0.1, 0.15) is 5.57 Å². The van der Waals surface area contributed by atoms with Crippen molar-refractivity contribution in [3.63, 3.8) is 0 Å². The molecule has 0 radical (unpaired) electrons. The first kappa shape index (κ1) is 15.7. The van der Waals surface area contributed by atoms with Gasteiger partial charge in [0.15, 0.2) is 17.3 Å². The molecule has 0 aromatic heterocycles. The highest BCUT2D eigenvalue weighted by Crippen LogP contribution is 2.26. The quantitative estimate of drug-likeness (QED) is 0.439. The Morgan fingerprint density at radius 1 is 1.30 bits per heavy atom. The summed E-state index contributed by atoms with van der Waals surface area (Å²) in [7, 11) is 1.45. The zero-order valence-corrected chi connectivity index (χ0v) is 12.1. The third-order valence-corrected chi connectivity index (χ3v) is 2.76. The Labute approximate surface area is 118 Å². The number of ketones is 1. The second-order valence-corrected chi connectivity index (χ2v) is 4.41. The van der Waals surface area contributed by atoms with Gasteiger partial charge in [-0.05, 0) is 32.4 Å². The van der Waals surface area contributed by atoms with Crippen molar-refractivity contribution in [2.45, 2.75) is 20.8 Å². The third-order valence-electron chi connectivity index (χ3n) is 2.76. The molecule has 1 heterocycles. The van der Waals surface area contributed by atoms with Gasteiger partial charge in [-0.15, -0.1) is 0 Å². The van der Waals surface area contributed by atoms with Gasteiger partial charge in [-0.1, -0.05) is 30.4 Å². The molecule has 0 unspecified atom stereocenters. The molecule has 0 atom stereocenters. The minimum atomic E-state index is -0.482. The number of ether oxygens (including phenoxy) is 2. The Kier molecular flexibility index (Phi) is 5.26. The van der Waals surface area contributed by atoms with E-state index in [1.54, 1.807) is 31.2 Å². The number of methoxy groups -OCH3 is 1. The summed E-state index contributed by atoms with van der Waals surface area (Å²) >= 11 is 0. The maximum absolute atomic E-state index is 11.5. The van der Waals surface area contributed by atoms with E-state index in [0.717, 1.165) is 5.57 Å². The SMILES string of the molecule is C=C1OC(=O)C(/C=C/C=C(C)/C=C(\C)C(C)=O)=C1OC. The molecule has 0 aliphatic carbocycles. The number of carbonyl (C=O) groups is 2. The van der Waals surface area contributed by atoms with Crippen LogP contribution in [0.3, 0.4) is 0 Å². The number of allylic oxidation sites excluding steroid dienone is 5. The van der Waals surface area contributed by atoms with Crippen molar-refractivity contribution < 1.29 is 19.1 Å². The van der Waals surface area contributed by atoms with Gasteiger partial charge in [-0.3, -0.25) is 4.79 Å². The summed E-state index contributed by atoms with van der Waals surface area (Å²) in [5.41, 5.74) is 1.91. The van der Waals surface area contributed by atoms with E-state index in [0.29, 0.717) is 16.9 Å². The molecule has 0 fully saturated rings. The topological polar surface area (TPSA) is 52.6 Å². The van der Waals surface area contributed by atoms with E-state index in [9.17, 15) is 9.59 Å². The van der Waals surface area contributed by atoms with Crippen LogP contribution >= 0.6 is 0 Å². The van der Waals surface area contributed by atoms with E-state index in [4.69, 9.17) is 9.47 Å². The van der Waals surface area contributed by atoms with Crippen molar-refractivity contribution in [1.29, 1.82) is 0 Å². The van der Waals surface area contributed by atoms with Gasteiger partial charge < -0.3 is 9.47 Å². The Morgan fingerprint density at radius 2 is 1.95 bits per heavy atom. The number of hydrogen-bond acceptors (Lipinski definition) is 4. The summed E-state index contributed by atoms with van der Waals surface area (Å²) in [5, 5.41) is 0. The van der Waals surface area contributed by atoms with Crippen LogP contribution in [-0.4, -0.2) is 18.9 Å². The van der Waals surface area contributed by atoms with Crippen molar-refractivity contribution in [2.75, 3.05) is 7.11 Å². The number of hydrogen-bond donors (Lipinski definition) is 0. The number of esters is 1. The normalized spacial score (nSPS) is 17.0. The lowest BCUT2D eigenvalue weighted by Gasteiger charge is -1.98. The molecule has 106 valence electrons. The fourth-order valence-corrected chi connectivity index (χ4v) is 1.61. The first-order valence-corrected chi connectivity index (χ1v) is 6.10. The van der Waals surface area contributed by atoms with Gasteiger partial charge in [-0.25, -0.2) is 4.79 Å². The second kappa shape index (κ2) is 6.70.